The second kappa shape index (κ2) is 6.27. The highest BCUT2D eigenvalue weighted by atomic mass is 16.5. The number of nitrogens with zero attached hydrogens (tertiary/aromatic N) is 2. The van der Waals surface area contributed by atoms with Gasteiger partial charge in [0.25, 0.3) is 5.56 Å². The molecule has 0 fully saturated rings. The Kier molecular flexibility index (Phi) is 4.44. The third kappa shape index (κ3) is 2.82. The van der Waals surface area contributed by atoms with Gasteiger partial charge in [0.2, 0.25) is 0 Å². The summed E-state index contributed by atoms with van der Waals surface area (Å²) in [6.07, 6.45) is 0.815. The SMILES string of the molecule is CCCn1c(-c2cc(C)ccc2OC)ccc(C#N)c1=O. The van der Waals surface area contributed by atoms with E-state index in [1.54, 1.807) is 17.7 Å². The number of hydrogen-bond donors (Lipinski definition) is 0. The quantitative estimate of drug-likeness (QED) is 0.865. The van der Waals surface area contributed by atoms with Gasteiger partial charge in [-0.2, -0.15) is 5.26 Å². The van der Waals surface area contributed by atoms with E-state index in [0.717, 1.165) is 29.0 Å². The lowest BCUT2D eigenvalue weighted by molar-refractivity contribution is 0.416. The summed E-state index contributed by atoms with van der Waals surface area (Å²) in [5.41, 5.74) is 2.65. The maximum atomic E-state index is 12.4. The summed E-state index contributed by atoms with van der Waals surface area (Å²) in [4.78, 5) is 12.4. The third-order valence-corrected chi connectivity index (χ3v) is 3.37. The zero-order valence-electron chi connectivity index (χ0n) is 12.5. The lowest BCUT2D eigenvalue weighted by atomic mass is 10.1. The highest BCUT2D eigenvalue weighted by molar-refractivity contribution is 5.69. The molecule has 4 nitrogen and oxygen atoms in total. The first-order valence-corrected chi connectivity index (χ1v) is 6.91. The van der Waals surface area contributed by atoms with Gasteiger partial charge in [0.15, 0.2) is 0 Å². The fraction of sp³-hybridized carbons (Fsp3) is 0.294. The van der Waals surface area contributed by atoms with Crippen LogP contribution < -0.4 is 10.3 Å². The van der Waals surface area contributed by atoms with Crippen LogP contribution in [0, 0.1) is 18.3 Å². The van der Waals surface area contributed by atoms with E-state index < -0.39 is 0 Å². The molecule has 0 N–H and O–H groups in total. The number of ether oxygens (including phenoxy) is 1. The molecule has 2 aromatic rings. The molecule has 1 aromatic heterocycles. The molecule has 1 aromatic carbocycles. The van der Waals surface area contributed by atoms with Crippen LogP contribution in [0.4, 0.5) is 0 Å². The Balaban J connectivity index is 2.75. The maximum absolute atomic E-state index is 12.4. The topological polar surface area (TPSA) is 55.0 Å². The van der Waals surface area contributed by atoms with Crippen LogP contribution in [0.15, 0.2) is 35.1 Å². The molecule has 1 heterocycles. The van der Waals surface area contributed by atoms with Crippen LogP contribution in [0.5, 0.6) is 5.75 Å². The van der Waals surface area contributed by atoms with Crippen LogP contribution >= 0.6 is 0 Å². The van der Waals surface area contributed by atoms with Gasteiger partial charge in [-0.3, -0.25) is 4.79 Å². The van der Waals surface area contributed by atoms with Crippen LogP contribution in [-0.4, -0.2) is 11.7 Å². The van der Waals surface area contributed by atoms with E-state index in [1.807, 2.05) is 44.2 Å². The molecule has 108 valence electrons. The van der Waals surface area contributed by atoms with Crippen molar-refractivity contribution in [1.82, 2.24) is 4.57 Å². The van der Waals surface area contributed by atoms with Crippen molar-refractivity contribution >= 4 is 0 Å². The van der Waals surface area contributed by atoms with E-state index in [0.29, 0.717) is 6.54 Å². The summed E-state index contributed by atoms with van der Waals surface area (Å²) in [7, 11) is 1.61. The van der Waals surface area contributed by atoms with E-state index in [2.05, 4.69) is 0 Å². The molecule has 4 heteroatoms. The van der Waals surface area contributed by atoms with Gasteiger partial charge in [-0.15, -0.1) is 0 Å². The lowest BCUT2D eigenvalue weighted by Crippen LogP contribution is -2.24. The molecule has 0 amide bonds. The van der Waals surface area contributed by atoms with Gasteiger partial charge in [-0.1, -0.05) is 18.6 Å². The highest BCUT2D eigenvalue weighted by Gasteiger charge is 2.13. The molecular weight excluding hydrogens is 264 g/mol. The summed E-state index contributed by atoms with van der Waals surface area (Å²) in [6.45, 7) is 4.57. The van der Waals surface area contributed by atoms with E-state index in [4.69, 9.17) is 10.00 Å². The minimum Gasteiger partial charge on any atom is -0.496 e. The van der Waals surface area contributed by atoms with Crippen LogP contribution in [-0.2, 0) is 6.54 Å². The standard InChI is InChI=1S/C17H18N2O2/c1-4-9-19-15(7-6-13(11-18)17(19)20)14-10-12(2)5-8-16(14)21-3/h5-8,10H,4,9H2,1-3H3. The van der Waals surface area contributed by atoms with Crippen molar-refractivity contribution in [3.63, 3.8) is 0 Å². The molecule has 0 saturated carbocycles. The maximum Gasteiger partial charge on any atom is 0.268 e. The molecule has 2 rings (SSSR count). The van der Waals surface area contributed by atoms with Crippen LogP contribution in [0.3, 0.4) is 0 Å². The number of aromatic nitrogens is 1. The number of rotatable bonds is 4. The first-order valence-electron chi connectivity index (χ1n) is 6.91. The lowest BCUT2D eigenvalue weighted by Gasteiger charge is -2.15. The van der Waals surface area contributed by atoms with E-state index in [1.165, 1.54) is 0 Å². The number of hydrogen-bond acceptors (Lipinski definition) is 3. The molecule has 0 aliphatic heterocycles. The van der Waals surface area contributed by atoms with Crippen molar-refractivity contribution in [2.45, 2.75) is 26.8 Å². The Bertz CT molecular complexity index is 754. The van der Waals surface area contributed by atoms with Crippen molar-refractivity contribution < 1.29 is 4.74 Å². The molecule has 21 heavy (non-hydrogen) atoms. The molecule has 0 unspecified atom stereocenters. The Hall–Kier alpha value is -2.54. The average Bonchev–Trinajstić information content (AvgIpc) is 2.49. The normalized spacial score (nSPS) is 10.2. The van der Waals surface area contributed by atoms with Crippen molar-refractivity contribution in [1.29, 1.82) is 5.26 Å². The summed E-state index contributed by atoms with van der Waals surface area (Å²) >= 11 is 0. The van der Waals surface area contributed by atoms with Crippen LogP contribution in [0.25, 0.3) is 11.3 Å². The Morgan fingerprint density at radius 1 is 1.29 bits per heavy atom. The van der Waals surface area contributed by atoms with Crippen molar-refractivity contribution in [2.24, 2.45) is 0 Å². The highest BCUT2D eigenvalue weighted by Crippen LogP contribution is 2.30. The number of nitriles is 1. The predicted molar refractivity (Wildman–Crippen MR) is 82.4 cm³/mol. The van der Waals surface area contributed by atoms with Crippen molar-refractivity contribution in [3.05, 3.63) is 51.8 Å². The summed E-state index contributed by atoms with van der Waals surface area (Å²) < 4.78 is 7.05. The van der Waals surface area contributed by atoms with E-state index in [-0.39, 0.29) is 11.1 Å². The average molecular weight is 282 g/mol. The minimum absolute atomic E-state index is 0.166. The smallest absolute Gasteiger partial charge is 0.268 e. The predicted octanol–water partition coefficient (Wildman–Crippen LogP) is 3.11. The fourth-order valence-electron chi connectivity index (χ4n) is 2.37. The number of aryl methyl sites for hydroxylation is 1. The molecule has 0 atom stereocenters. The summed E-state index contributed by atoms with van der Waals surface area (Å²) in [5.74, 6) is 0.717. The number of benzene rings is 1. The second-order valence-corrected chi connectivity index (χ2v) is 4.90. The monoisotopic (exact) mass is 282 g/mol. The largest absolute Gasteiger partial charge is 0.496 e. The molecule has 0 spiro atoms. The Labute approximate surface area is 124 Å². The third-order valence-electron chi connectivity index (χ3n) is 3.37. The molecule has 0 aliphatic carbocycles. The van der Waals surface area contributed by atoms with Crippen molar-refractivity contribution in [3.8, 4) is 23.1 Å². The summed E-state index contributed by atoms with van der Waals surface area (Å²) in [6, 6.07) is 11.2. The number of methoxy groups -OCH3 is 1. The van der Waals surface area contributed by atoms with Crippen LogP contribution in [0.1, 0.15) is 24.5 Å². The Morgan fingerprint density at radius 3 is 2.67 bits per heavy atom. The molecular formula is C17H18N2O2. The molecule has 0 bridgehead atoms. The van der Waals surface area contributed by atoms with Crippen molar-refractivity contribution in [2.75, 3.05) is 7.11 Å². The zero-order chi connectivity index (χ0) is 15.4. The molecule has 0 saturated heterocycles. The number of pyridine rings is 1. The van der Waals surface area contributed by atoms with Gasteiger partial charge >= 0.3 is 0 Å². The minimum atomic E-state index is -0.250. The van der Waals surface area contributed by atoms with Gasteiger partial charge in [0, 0.05) is 12.1 Å². The Morgan fingerprint density at radius 2 is 2.05 bits per heavy atom. The van der Waals surface area contributed by atoms with Crippen LogP contribution in [0.2, 0.25) is 0 Å². The fourth-order valence-corrected chi connectivity index (χ4v) is 2.37. The van der Waals surface area contributed by atoms with Gasteiger partial charge in [-0.05, 0) is 37.6 Å². The summed E-state index contributed by atoms with van der Waals surface area (Å²) in [5, 5.41) is 9.03. The van der Waals surface area contributed by atoms with Gasteiger partial charge in [0.1, 0.15) is 17.4 Å². The van der Waals surface area contributed by atoms with E-state index in [9.17, 15) is 4.79 Å². The molecule has 0 aliphatic rings. The molecule has 0 radical (unpaired) electrons. The van der Waals surface area contributed by atoms with Gasteiger partial charge in [-0.25, -0.2) is 0 Å². The second-order valence-electron chi connectivity index (χ2n) is 4.90. The first-order chi connectivity index (χ1) is 10.1. The van der Waals surface area contributed by atoms with Gasteiger partial charge < -0.3 is 9.30 Å². The zero-order valence-corrected chi connectivity index (χ0v) is 12.5. The van der Waals surface area contributed by atoms with E-state index >= 15 is 0 Å². The first kappa shape index (κ1) is 14.9. The van der Waals surface area contributed by atoms with Gasteiger partial charge in [0.05, 0.1) is 12.8 Å².